The van der Waals surface area contributed by atoms with Crippen LogP contribution in [-0.4, -0.2) is 35.7 Å². The highest BCUT2D eigenvalue weighted by atomic mass is 19.1. The zero-order chi connectivity index (χ0) is 13.8. The van der Waals surface area contributed by atoms with Gasteiger partial charge in [-0.15, -0.1) is 0 Å². The van der Waals surface area contributed by atoms with Crippen molar-refractivity contribution >= 4 is 0 Å². The Balaban J connectivity index is 1.90. The van der Waals surface area contributed by atoms with Gasteiger partial charge in [0.1, 0.15) is 5.82 Å². The van der Waals surface area contributed by atoms with E-state index in [1.165, 1.54) is 6.07 Å². The Kier molecular flexibility index (Phi) is 4.91. The Labute approximate surface area is 114 Å². The van der Waals surface area contributed by atoms with Crippen molar-refractivity contribution in [3.8, 4) is 0 Å². The third kappa shape index (κ3) is 3.53. The van der Waals surface area contributed by atoms with E-state index in [0.717, 1.165) is 37.9 Å². The Hall–Kier alpha value is -0.970. The number of likely N-dealkylation sites (tertiary alicyclic amines) is 1. The Bertz CT molecular complexity index is 425. The molecule has 0 aromatic heterocycles. The molecule has 1 aliphatic heterocycles. The van der Waals surface area contributed by atoms with Gasteiger partial charge in [0, 0.05) is 18.6 Å². The summed E-state index contributed by atoms with van der Waals surface area (Å²) in [5.41, 5.74) is 7.62. The number of benzene rings is 1. The molecule has 4 heteroatoms. The van der Waals surface area contributed by atoms with Crippen LogP contribution in [0.4, 0.5) is 4.39 Å². The highest BCUT2D eigenvalue weighted by molar-refractivity contribution is 5.25. The van der Waals surface area contributed by atoms with Crippen LogP contribution >= 0.6 is 0 Å². The quantitative estimate of drug-likeness (QED) is 0.857. The van der Waals surface area contributed by atoms with E-state index < -0.39 is 0 Å². The predicted molar refractivity (Wildman–Crippen MR) is 74.4 cm³/mol. The summed E-state index contributed by atoms with van der Waals surface area (Å²) in [6.45, 7) is 3.86. The van der Waals surface area contributed by atoms with Gasteiger partial charge in [0.25, 0.3) is 0 Å². The molecule has 1 heterocycles. The Morgan fingerprint density at radius 3 is 3.00 bits per heavy atom. The molecule has 1 aliphatic rings. The number of nitrogens with zero attached hydrogens (tertiary/aromatic N) is 1. The standard InChI is InChI=1S/C15H23FN2O/c1-11-4-5-12(9-14(11)16)15(17)6-8-18-7-2-3-13(18)10-19/h4-5,9,13,15,19H,2-3,6-8,10,17H2,1H3. The maximum atomic E-state index is 13.5. The molecule has 1 saturated heterocycles. The van der Waals surface area contributed by atoms with Crippen LogP contribution < -0.4 is 5.73 Å². The van der Waals surface area contributed by atoms with E-state index in [-0.39, 0.29) is 24.5 Å². The van der Waals surface area contributed by atoms with Gasteiger partial charge in [0.05, 0.1) is 6.61 Å². The molecule has 106 valence electrons. The van der Waals surface area contributed by atoms with Gasteiger partial charge in [-0.05, 0) is 49.9 Å². The largest absolute Gasteiger partial charge is 0.395 e. The second-order valence-electron chi connectivity index (χ2n) is 5.42. The van der Waals surface area contributed by atoms with Crippen LogP contribution in [0.25, 0.3) is 0 Å². The molecule has 0 radical (unpaired) electrons. The first-order chi connectivity index (χ1) is 9.11. The summed E-state index contributed by atoms with van der Waals surface area (Å²) in [6.07, 6.45) is 2.99. The molecule has 2 atom stereocenters. The van der Waals surface area contributed by atoms with Crippen LogP contribution in [0.15, 0.2) is 18.2 Å². The van der Waals surface area contributed by atoms with E-state index in [4.69, 9.17) is 5.73 Å². The Morgan fingerprint density at radius 1 is 1.53 bits per heavy atom. The minimum Gasteiger partial charge on any atom is -0.395 e. The van der Waals surface area contributed by atoms with Gasteiger partial charge < -0.3 is 10.8 Å². The molecule has 0 aliphatic carbocycles. The van der Waals surface area contributed by atoms with Crippen LogP contribution in [0.2, 0.25) is 0 Å². The predicted octanol–water partition coefficient (Wildman–Crippen LogP) is 1.98. The number of aliphatic hydroxyl groups is 1. The summed E-state index contributed by atoms with van der Waals surface area (Å²) in [5.74, 6) is -0.192. The second kappa shape index (κ2) is 6.46. The maximum absolute atomic E-state index is 13.5. The maximum Gasteiger partial charge on any atom is 0.126 e. The fraction of sp³-hybridized carbons (Fsp3) is 0.600. The third-order valence-corrected chi connectivity index (χ3v) is 4.06. The number of hydrogen-bond acceptors (Lipinski definition) is 3. The van der Waals surface area contributed by atoms with Crippen molar-refractivity contribution < 1.29 is 9.50 Å². The molecule has 3 nitrogen and oxygen atoms in total. The highest BCUT2D eigenvalue weighted by Crippen LogP contribution is 2.21. The van der Waals surface area contributed by atoms with Gasteiger partial charge in [-0.1, -0.05) is 12.1 Å². The molecule has 0 amide bonds. The molecule has 1 aromatic rings. The van der Waals surface area contributed by atoms with Crippen LogP contribution in [-0.2, 0) is 0 Å². The van der Waals surface area contributed by atoms with Crippen molar-refractivity contribution in [3.63, 3.8) is 0 Å². The lowest BCUT2D eigenvalue weighted by atomic mass is 10.0. The SMILES string of the molecule is Cc1ccc(C(N)CCN2CCCC2CO)cc1F. The van der Waals surface area contributed by atoms with Crippen LogP contribution in [0, 0.1) is 12.7 Å². The molecule has 19 heavy (non-hydrogen) atoms. The number of hydrogen-bond donors (Lipinski definition) is 2. The van der Waals surface area contributed by atoms with Gasteiger partial charge in [-0.25, -0.2) is 4.39 Å². The molecule has 2 unspecified atom stereocenters. The number of rotatable bonds is 5. The fourth-order valence-corrected chi connectivity index (χ4v) is 2.71. The molecular weight excluding hydrogens is 243 g/mol. The van der Waals surface area contributed by atoms with E-state index >= 15 is 0 Å². The summed E-state index contributed by atoms with van der Waals surface area (Å²) < 4.78 is 13.5. The monoisotopic (exact) mass is 266 g/mol. The lowest BCUT2D eigenvalue weighted by molar-refractivity contribution is 0.155. The molecular formula is C15H23FN2O. The van der Waals surface area contributed by atoms with E-state index in [1.54, 1.807) is 13.0 Å². The number of nitrogens with two attached hydrogens (primary N) is 1. The first kappa shape index (κ1) is 14.4. The van der Waals surface area contributed by atoms with Gasteiger partial charge in [0.2, 0.25) is 0 Å². The van der Waals surface area contributed by atoms with Gasteiger partial charge >= 0.3 is 0 Å². The lowest BCUT2D eigenvalue weighted by Gasteiger charge is -2.24. The zero-order valence-electron chi connectivity index (χ0n) is 11.5. The van der Waals surface area contributed by atoms with Crippen LogP contribution in [0.3, 0.4) is 0 Å². The van der Waals surface area contributed by atoms with E-state index in [2.05, 4.69) is 4.90 Å². The van der Waals surface area contributed by atoms with Crippen molar-refractivity contribution in [1.82, 2.24) is 4.90 Å². The number of halogens is 1. The molecule has 2 rings (SSSR count). The molecule has 3 N–H and O–H groups in total. The molecule has 0 bridgehead atoms. The third-order valence-electron chi connectivity index (χ3n) is 4.06. The van der Waals surface area contributed by atoms with Crippen molar-refractivity contribution in [2.24, 2.45) is 5.73 Å². The first-order valence-corrected chi connectivity index (χ1v) is 6.98. The molecule has 0 spiro atoms. The zero-order valence-corrected chi connectivity index (χ0v) is 11.5. The summed E-state index contributed by atoms with van der Waals surface area (Å²) in [4.78, 5) is 2.28. The molecule has 1 aromatic carbocycles. The van der Waals surface area contributed by atoms with Crippen molar-refractivity contribution in [2.45, 2.75) is 38.3 Å². The minimum absolute atomic E-state index is 0.143. The number of aliphatic hydroxyl groups excluding tert-OH is 1. The van der Waals surface area contributed by atoms with E-state index in [0.29, 0.717) is 5.56 Å². The van der Waals surface area contributed by atoms with Crippen molar-refractivity contribution in [1.29, 1.82) is 0 Å². The molecule has 0 saturated carbocycles. The topological polar surface area (TPSA) is 49.5 Å². The van der Waals surface area contributed by atoms with Gasteiger partial charge in [-0.2, -0.15) is 0 Å². The average Bonchev–Trinajstić information content (AvgIpc) is 2.86. The smallest absolute Gasteiger partial charge is 0.126 e. The minimum atomic E-state index is -0.192. The summed E-state index contributed by atoms with van der Waals surface area (Å²) in [6, 6.07) is 5.35. The van der Waals surface area contributed by atoms with E-state index in [1.807, 2.05) is 6.07 Å². The van der Waals surface area contributed by atoms with Gasteiger partial charge in [0.15, 0.2) is 0 Å². The van der Waals surface area contributed by atoms with Crippen LogP contribution in [0.5, 0.6) is 0 Å². The van der Waals surface area contributed by atoms with Gasteiger partial charge in [-0.3, -0.25) is 4.90 Å². The Morgan fingerprint density at radius 2 is 2.32 bits per heavy atom. The highest BCUT2D eigenvalue weighted by Gasteiger charge is 2.23. The lowest BCUT2D eigenvalue weighted by Crippen LogP contribution is -2.34. The summed E-state index contributed by atoms with van der Waals surface area (Å²) >= 11 is 0. The normalized spacial score (nSPS) is 21.8. The summed E-state index contributed by atoms with van der Waals surface area (Å²) in [5, 5.41) is 9.26. The number of aryl methyl sites for hydroxylation is 1. The second-order valence-corrected chi connectivity index (χ2v) is 5.42. The average molecular weight is 266 g/mol. The van der Waals surface area contributed by atoms with Crippen LogP contribution in [0.1, 0.15) is 36.4 Å². The fourth-order valence-electron chi connectivity index (χ4n) is 2.71. The molecule has 1 fully saturated rings. The summed E-state index contributed by atoms with van der Waals surface area (Å²) in [7, 11) is 0. The van der Waals surface area contributed by atoms with Crippen molar-refractivity contribution in [3.05, 3.63) is 35.1 Å². The first-order valence-electron chi connectivity index (χ1n) is 6.98. The van der Waals surface area contributed by atoms with Crippen molar-refractivity contribution in [2.75, 3.05) is 19.7 Å². The van der Waals surface area contributed by atoms with E-state index in [9.17, 15) is 9.50 Å².